The number of methoxy groups -OCH3 is 1. The molecule has 0 saturated heterocycles. The van der Waals surface area contributed by atoms with Crippen LogP contribution < -0.4 is 4.74 Å². The predicted molar refractivity (Wildman–Crippen MR) is 91.4 cm³/mol. The van der Waals surface area contributed by atoms with E-state index >= 15 is 0 Å². The lowest BCUT2D eigenvalue weighted by atomic mass is 9.59. The normalized spacial score (nSPS) is 26.4. The number of benzene rings is 1. The number of aliphatic carboxylic acids is 1. The maximum absolute atomic E-state index is 12.2. The van der Waals surface area contributed by atoms with Crippen molar-refractivity contribution in [2.24, 2.45) is 12.5 Å². The number of aromatic nitrogens is 1. The number of nitrogens with zero attached hydrogens (tertiary/aromatic N) is 2. The SMILES string of the molecule is COc1ccc(C2(C#N)CCC(=O)C(C)(C(=O)O)C2)c2ccn(C)c12. The van der Waals surface area contributed by atoms with E-state index in [-0.39, 0.29) is 18.6 Å². The largest absolute Gasteiger partial charge is 0.495 e. The molecule has 1 aliphatic rings. The van der Waals surface area contributed by atoms with Crippen LogP contribution in [0.3, 0.4) is 0 Å². The lowest BCUT2D eigenvalue weighted by Crippen LogP contribution is -2.47. The third kappa shape index (κ3) is 2.30. The van der Waals surface area contributed by atoms with Crippen molar-refractivity contribution < 1.29 is 19.4 Å². The molecular weight excluding hydrogens is 320 g/mol. The van der Waals surface area contributed by atoms with E-state index in [4.69, 9.17) is 4.74 Å². The van der Waals surface area contributed by atoms with Gasteiger partial charge in [0.05, 0.1) is 24.1 Å². The number of carboxylic acids is 1. The number of fused-ring (bicyclic) bond motifs is 1. The average Bonchev–Trinajstić information content (AvgIpc) is 2.99. The zero-order valence-electron chi connectivity index (χ0n) is 14.5. The Balaban J connectivity index is 2.24. The van der Waals surface area contributed by atoms with Crippen molar-refractivity contribution >= 4 is 22.7 Å². The molecular formula is C19H20N2O4. The molecule has 3 rings (SSSR count). The van der Waals surface area contributed by atoms with E-state index in [0.717, 1.165) is 16.5 Å². The Hall–Kier alpha value is -2.81. The van der Waals surface area contributed by atoms with Crippen molar-refractivity contribution in [1.82, 2.24) is 4.57 Å². The van der Waals surface area contributed by atoms with Gasteiger partial charge in [0.1, 0.15) is 16.9 Å². The van der Waals surface area contributed by atoms with Crippen LogP contribution in [0.4, 0.5) is 0 Å². The topological polar surface area (TPSA) is 92.3 Å². The Labute approximate surface area is 145 Å². The molecule has 25 heavy (non-hydrogen) atoms. The summed E-state index contributed by atoms with van der Waals surface area (Å²) in [6.45, 7) is 1.43. The predicted octanol–water partition coefficient (Wildman–Crippen LogP) is 2.79. The Morgan fingerprint density at radius 2 is 2.12 bits per heavy atom. The number of rotatable bonds is 3. The average molecular weight is 340 g/mol. The van der Waals surface area contributed by atoms with E-state index in [0.29, 0.717) is 12.2 Å². The number of hydrogen-bond donors (Lipinski definition) is 1. The van der Waals surface area contributed by atoms with E-state index in [9.17, 15) is 20.0 Å². The van der Waals surface area contributed by atoms with Crippen molar-refractivity contribution in [2.75, 3.05) is 7.11 Å². The Morgan fingerprint density at radius 3 is 2.72 bits per heavy atom. The number of hydrogen-bond acceptors (Lipinski definition) is 4. The summed E-state index contributed by atoms with van der Waals surface area (Å²) < 4.78 is 7.33. The number of Topliss-reactive ketones (excluding diaryl/α,β-unsaturated/α-hetero) is 1. The second-order valence-electron chi connectivity index (χ2n) is 6.94. The van der Waals surface area contributed by atoms with Crippen LogP contribution in [-0.2, 0) is 22.1 Å². The summed E-state index contributed by atoms with van der Waals surface area (Å²) in [5.41, 5.74) is -0.961. The highest BCUT2D eigenvalue weighted by molar-refractivity contribution is 6.04. The maximum Gasteiger partial charge on any atom is 0.316 e. The van der Waals surface area contributed by atoms with Gasteiger partial charge in [-0.05, 0) is 37.5 Å². The number of carboxylic acid groups (broad SMARTS) is 1. The lowest BCUT2D eigenvalue weighted by Gasteiger charge is -2.39. The first-order valence-corrected chi connectivity index (χ1v) is 8.09. The Morgan fingerprint density at radius 1 is 1.40 bits per heavy atom. The number of ether oxygens (including phenoxy) is 1. The van der Waals surface area contributed by atoms with Crippen LogP contribution in [0.25, 0.3) is 10.9 Å². The summed E-state index contributed by atoms with van der Waals surface area (Å²) in [6.07, 6.45) is 2.26. The highest BCUT2D eigenvalue weighted by atomic mass is 16.5. The van der Waals surface area contributed by atoms with E-state index in [2.05, 4.69) is 6.07 Å². The fourth-order valence-corrected chi connectivity index (χ4v) is 3.94. The summed E-state index contributed by atoms with van der Waals surface area (Å²) >= 11 is 0. The fraction of sp³-hybridized carbons (Fsp3) is 0.421. The second-order valence-corrected chi connectivity index (χ2v) is 6.94. The van der Waals surface area contributed by atoms with Crippen LogP contribution >= 0.6 is 0 Å². The number of ketones is 1. The standard InChI is InChI=1S/C19H20N2O4/c1-18(17(23)24)10-19(11-20,8-6-15(18)22)13-4-5-14(25-3)16-12(13)7-9-21(16)2/h4-5,7,9H,6,8,10H2,1-3H3,(H,23,24). The molecule has 0 bridgehead atoms. The highest BCUT2D eigenvalue weighted by Crippen LogP contribution is 2.48. The zero-order chi connectivity index (χ0) is 18.4. The van der Waals surface area contributed by atoms with Gasteiger partial charge in [0.25, 0.3) is 0 Å². The summed E-state index contributed by atoms with van der Waals surface area (Å²) in [5.74, 6) is -0.800. The minimum atomic E-state index is -1.55. The van der Waals surface area contributed by atoms with E-state index in [1.807, 2.05) is 29.9 Å². The van der Waals surface area contributed by atoms with Crippen LogP contribution in [0.1, 0.15) is 31.7 Å². The van der Waals surface area contributed by atoms with Crippen molar-refractivity contribution in [2.45, 2.75) is 31.6 Å². The molecule has 1 N–H and O–H groups in total. The molecule has 1 saturated carbocycles. The van der Waals surface area contributed by atoms with Crippen molar-refractivity contribution in [3.8, 4) is 11.8 Å². The second kappa shape index (κ2) is 5.62. The van der Waals surface area contributed by atoms with Crippen molar-refractivity contribution in [1.29, 1.82) is 5.26 Å². The van der Waals surface area contributed by atoms with E-state index < -0.39 is 16.8 Å². The highest BCUT2D eigenvalue weighted by Gasteiger charge is 2.53. The first-order chi connectivity index (χ1) is 11.8. The van der Waals surface area contributed by atoms with Gasteiger partial charge in [-0.15, -0.1) is 0 Å². The molecule has 2 unspecified atom stereocenters. The number of nitriles is 1. The first kappa shape index (κ1) is 17.0. The number of carbonyl (C=O) groups is 2. The van der Waals surface area contributed by atoms with Gasteiger partial charge in [-0.2, -0.15) is 5.26 Å². The summed E-state index contributed by atoms with van der Waals surface area (Å²) in [6, 6.07) is 7.86. The van der Waals surface area contributed by atoms with Crippen LogP contribution in [0.5, 0.6) is 5.75 Å². The molecule has 6 nitrogen and oxygen atoms in total. The molecule has 2 aromatic rings. The van der Waals surface area contributed by atoms with Gasteiger partial charge in [0.2, 0.25) is 0 Å². The summed E-state index contributed by atoms with van der Waals surface area (Å²) in [5, 5.41) is 20.4. The molecule has 1 aromatic carbocycles. The molecule has 1 fully saturated rings. The van der Waals surface area contributed by atoms with Gasteiger partial charge in [0.15, 0.2) is 0 Å². The Kier molecular flexibility index (Phi) is 3.83. The molecule has 2 atom stereocenters. The van der Waals surface area contributed by atoms with Crippen molar-refractivity contribution in [3.63, 3.8) is 0 Å². The minimum Gasteiger partial charge on any atom is -0.495 e. The molecule has 1 aliphatic carbocycles. The quantitative estimate of drug-likeness (QED) is 0.867. The number of aryl methyl sites for hydroxylation is 1. The maximum atomic E-state index is 12.2. The molecule has 0 radical (unpaired) electrons. The first-order valence-electron chi connectivity index (χ1n) is 8.09. The molecule has 0 aliphatic heterocycles. The lowest BCUT2D eigenvalue weighted by molar-refractivity contribution is -0.157. The molecule has 6 heteroatoms. The van der Waals surface area contributed by atoms with Crippen LogP contribution in [0, 0.1) is 16.7 Å². The smallest absolute Gasteiger partial charge is 0.316 e. The minimum absolute atomic E-state index is 0.0268. The van der Waals surface area contributed by atoms with Gasteiger partial charge >= 0.3 is 5.97 Å². The molecule has 1 aromatic heterocycles. The molecule has 1 heterocycles. The van der Waals surface area contributed by atoms with Gasteiger partial charge < -0.3 is 14.4 Å². The fourth-order valence-electron chi connectivity index (χ4n) is 3.94. The summed E-state index contributed by atoms with van der Waals surface area (Å²) in [4.78, 5) is 24.0. The Bertz CT molecular complexity index is 923. The van der Waals surface area contributed by atoms with Crippen LogP contribution in [-0.4, -0.2) is 28.5 Å². The third-order valence-electron chi connectivity index (χ3n) is 5.47. The van der Waals surface area contributed by atoms with Gasteiger partial charge in [0, 0.05) is 25.1 Å². The molecule has 0 spiro atoms. The summed E-state index contributed by atoms with van der Waals surface area (Å²) in [7, 11) is 3.47. The van der Waals surface area contributed by atoms with Crippen molar-refractivity contribution in [3.05, 3.63) is 30.0 Å². The number of carbonyl (C=O) groups excluding carboxylic acids is 1. The van der Waals surface area contributed by atoms with Gasteiger partial charge in [-0.3, -0.25) is 9.59 Å². The van der Waals surface area contributed by atoms with Crippen LogP contribution in [0.2, 0.25) is 0 Å². The van der Waals surface area contributed by atoms with Gasteiger partial charge in [-0.25, -0.2) is 0 Å². The van der Waals surface area contributed by atoms with Crippen LogP contribution in [0.15, 0.2) is 24.4 Å². The molecule has 0 amide bonds. The monoisotopic (exact) mass is 340 g/mol. The molecule has 130 valence electrons. The van der Waals surface area contributed by atoms with E-state index in [1.165, 1.54) is 6.92 Å². The van der Waals surface area contributed by atoms with E-state index in [1.54, 1.807) is 13.2 Å². The third-order valence-corrected chi connectivity index (χ3v) is 5.47. The zero-order valence-corrected chi connectivity index (χ0v) is 14.5. The van der Waals surface area contributed by atoms with Gasteiger partial charge in [-0.1, -0.05) is 6.07 Å².